The van der Waals surface area contributed by atoms with E-state index in [-0.39, 0.29) is 6.17 Å². The van der Waals surface area contributed by atoms with Gasteiger partial charge in [0.25, 0.3) is 0 Å². The Morgan fingerprint density at radius 2 is 2.23 bits per heavy atom. The van der Waals surface area contributed by atoms with E-state index >= 15 is 0 Å². The molecule has 1 fully saturated rings. The Labute approximate surface area is 91.2 Å². The van der Waals surface area contributed by atoms with E-state index in [0.29, 0.717) is 6.04 Å². The van der Waals surface area contributed by atoms with Crippen molar-refractivity contribution in [3.05, 3.63) is 33.4 Å². The second-order valence-corrected chi connectivity index (χ2v) is 4.48. The summed E-state index contributed by atoms with van der Waals surface area (Å²) < 4.78 is 1.26. The Morgan fingerprint density at radius 1 is 1.38 bits per heavy atom. The van der Waals surface area contributed by atoms with Crippen LogP contribution in [0.15, 0.2) is 24.3 Å². The zero-order valence-electron chi connectivity index (χ0n) is 7.13. The highest BCUT2D eigenvalue weighted by Gasteiger charge is 2.21. The van der Waals surface area contributed by atoms with E-state index in [9.17, 15) is 0 Å². The molecule has 0 saturated carbocycles. The van der Waals surface area contributed by atoms with Gasteiger partial charge in [0.15, 0.2) is 0 Å². The third-order valence-electron chi connectivity index (χ3n) is 2.18. The first-order valence-corrected chi connectivity index (χ1v) is 5.35. The van der Waals surface area contributed by atoms with Gasteiger partial charge in [0.1, 0.15) is 0 Å². The van der Waals surface area contributed by atoms with E-state index < -0.39 is 0 Å². The zero-order valence-corrected chi connectivity index (χ0v) is 9.28. The van der Waals surface area contributed by atoms with Crippen molar-refractivity contribution in [3.8, 4) is 0 Å². The number of rotatable bonds is 1. The molecule has 0 radical (unpaired) electrons. The predicted molar refractivity (Wildman–Crippen MR) is 60.8 cm³/mol. The van der Waals surface area contributed by atoms with Crippen LogP contribution < -0.4 is 16.6 Å². The Balaban J connectivity index is 2.16. The Morgan fingerprint density at radius 3 is 2.85 bits per heavy atom. The minimum Gasteiger partial charge on any atom is -0.315 e. The summed E-state index contributed by atoms with van der Waals surface area (Å²) in [5, 5.41) is 0. The second-order valence-electron chi connectivity index (χ2n) is 3.24. The zero-order chi connectivity index (χ0) is 9.26. The van der Waals surface area contributed by atoms with Crippen LogP contribution in [0.25, 0.3) is 0 Å². The summed E-state index contributed by atoms with van der Waals surface area (Å²) in [4.78, 5) is 0. The normalized spacial score (nSPS) is 27.8. The molecule has 0 aromatic heterocycles. The maximum atomic E-state index is 5.73. The van der Waals surface area contributed by atoms with E-state index in [1.165, 1.54) is 9.13 Å². The molecule has 13 heavy (non-hydrogen) atoms. The second kappa shape index (κ2) is 3.91. The molecular weight excluding hydrogens is 277 g/mol. The monoisotopic (exact) mass is 289 g/mol. The number of halogens is 1. The van der Waals surface area contributed by atoms with Crippen LogP contribution in [0.5, 0.6) is 0 Å². The van der Waals surface area contributed by atoms with Gasteiger partial charge in [-0.1, -0.05) is 12.1 Å². The van der Waals surface area contributed by atoms with Gasteiger partial charge in [-0.3, -0.25) is 0 Å². The molecule has 1 aromatic carbocycles. The van der Waals surface area contributed by atoms with Crippen LogP contribution in [0.3, 0.4) is 0 Å². The fourth-order valence-corrected chi connectivity index (χ4v) is 2.09. The summed E-state index contributed by atoms with van der Waals surface area (Å²) in [7, 11) is 0. The maximum absolute atomic E-state index is 5.73. The highest BCUT2D eigenvalue weighted by atomic mass is 127. The lowest BCUT2D eigenvalue weighted by molar-refractivity contribution is 0.551. The van der Waals surface area contributed by atoms with E-state index in [0.717, 1.165) is 6.42 Å². The number of hydrogen-bond donors (Lipinski definition) is 3. The van der Waals surface area contributed by atoms with Gasteiger partial charge < -0.3 is 5.73 Å². The lowest BCUT2D eigenvalue weighted by atomic mass is 10.1. The molecule has 0 aliphatic carbocycles. The highest BCUT2D eigenvalue weighted by Crippen LogP contribution is 2.21. The molecule has 1 aromatic rings. The van der Waals surface area contributed by atoms with Crippen molar-refractivity contribution in [1.82, 2.24) is 10.9 Å². The molecule has 70 valence electrons. The van der Waals surface area contributed by atoms with Gasteiger partial charge in [-0.15, -0.1) is 0 Å². The fraction of sp³-hybridized carbons (Fsp3) is 0.333. The van der Waals surface area contributed by atoms with Crippen LogP contribution in [-0.2, 0) is 0 Å². The molecule has 4 heteroatoms. The molecule has 2 atom stereocenters. The number of hydrogen-bond acceptors (Lipinski definition) is 3. The van der Waals surface area contributed by atoms with Crippen molar-refractivity contribution in [3.63, 3.8) is 0 Å². The van der Waals surface area contributed by atoms with Crippen LogP contribution in [0.4, 0.5) is 0 Å². The van der Waals surface area contributed by atoms with Crippen LogP contribution in [0, 0.1) is 3.57 Å². The standard InChI is InChI=1S/C9H12IN3/c10-7-3-1-2-6(4-7)8-5-9(11)13-12-8/h1-4,8-9,12-13H,5,11H2. The first-order chi connectivity index (χ1) is 6.25. The Kier molecular flexibility index (Phi) is 2.83. The van der Waals surface area contributed by atoms with Gasteiger partial charge in [-0.25, -0.2) is 10.9 Å². The number of hydrazine groups is 1. The molecule has 1 heterocycles. The van der Waals surface area contributed by atoms with Crippen LogP contribution >= 0.6 is 22.6 Å². The van der Waals surface area contributed by atoms with E-state index in [2.05, 4.69) is 57.7 Å². The molecular formula is C9H12IN3. The summed E-state index contributed by atoms with van der Waals surface area (Å²) in [6, 6.07) is 8.82. The van der Waals surface area contributed by atoms with E-state index in [1.54, 1.807) is 0 Å². The van der Waals surface area contributed by atoms with Crippen LogP contribution in [0.2, 0.25) is 0 Å². The van der Waals surface area contributed by atoms with Gasteiger partial charge in [-0.05, 0) is 46.7 Å². The van der Waals surface area contributed by atoms with E-state index in [4.69, 9.17) is 5.73 Å². The highest BCUT2D eigenvalue weighted by molar-refractivity contribution is 14.1. The first kappa shape index (κ1) is 9.39. The Bertz CT molecular complexity index is 303. The van der Waals surface area contributed by atoms with Gasteiger partial charge in [0, 0.05) is 9.61 Å². The number of nitrogens with one attached hydrogen (secondary N) is 2. The smallest absolute Gasteiger partial charge is 0.0698 e. The molecule has 1 saturated heterocycles. The molecule has 4 N–H and O–H groups in total. The van der Waals surface area contributed by atoms with Gasteiger partial charge in [0.05, 0.1) is 6.17 Å². The Hall–Kier alpha value is -0.170. The summed E-state index contributed by atoms with van der Waals surface area (Å²) >= 11 is 2.32. The van der Waals surface area contributed by atoms with Crippen molar-refractivity contribution in [1.29, 1.82) is 0 Å². The van der Waals surface area contributed by atoms with E-state index in [1.807, 2.05) is 0 Å². The largest absolute Gasteiger partial charge is 0.315 e. The maximum Gasteiger partial charge on any atom is 0.0698 e. The van der Waals surface area contributed by atoms with Crippen molar-refractivity contribution >= 4 is 22.6 Å². The molecule has 2 unspecified atom stereocenters. The molecule has 1 aliphatic heterocycles. The van der Waals surface area contributed by atoms with Crippen LogP contribution in [0.1, 0.15) is 18.0 Å². The molecule has 0 bridgehead atoms. The topological polar surface area (TPSA) is 50.1 Å². The lowest BCUT2D eigenvalue weighted by Crippen LogP contribution is -2.36. The SMILES string of the molecule is NC1CC(c2cccc(I)c2)NN1. The summed E-state index contributed by atoms with van der Waals surface area (Å²) in [6.07, 6.45) is 1.02. The summed E-state index contributed by atoms with van der Waals surface area (Å²) in [6.45, 7) is 0. The number of nitrogens with two attached hydrogens (primary N) is 1. The predicted octanol–water partition coefficient (Wildman–Crippen LogP) is 1.11. The lowest BCUT2D eigenvalue weighted by Gasteiger charge is -2.09. The molecule has 2 rings (SSSR count). The molecule has 0 spiro atoms. The molecule has 1 aliphatic rings. The minimum absolute atomic E-state index is 0.0721. The van der Waals surface area contributed by atoms with Crippen molar-refractivity contribution < 1.29 is 0 Å². The van der Waals surface area contributed by atoms with Crippen LogP contribution in [-0.4, -0.2) is 6.17 Å². The summed E-state index contributed by atoms with van der Waals surface area (Å²) in [5.74, 6) is 0. The third kappa shape index (κ3) is 2.19. The fourth-order valence-electron chi connectivity index (χ4n) is 1.52. The number of benzene rings is 1. The average molecular weight is 289 g/mol. The minimum atomic E-state index is 0.0721. The van der Waals surface area contributed by atoms with Gasteiger partial charge in [0.2, 0.25) is 0 Å². The average Bonchev–Trinajstić information content (AvgIpc) is 2.52. The van der Waals surface area contributed by atoms with Gasteiger partial charge in [-0.2, -0.15) is 0 Å². The summed E-state index contributed by atoms with van der Waals surface area (Å²) in [5.41, 5.74) is 13.2. The quantitative estimate of drug-likeness (QED) is 0.679. The molecule has 3 nitrogen and oxygen atoms in total. The van der Waals surface area contributed by atoms with Crippen molar-refractivity contribution in [2.24, 2.45) is 5.73 Å². The van der Waals surface area contributed by atoms with Crippen molar-refractivity contribution in [2.45, 2.75) is 18.6 Å². The van der Waals surface area contributed by atoms with Crippen molar-refractivity contribution in [2.75, 3.05) is 0 Å². The third-order valence-corrected chi connectivity index (χ3v) is 2.85. The van der Waals surface area contributed by atoms with Gasteiger partial charge >= 0.3 is 0 Å². The first-order valence-electron chi connectivity index (χ1n) is 4.28. The molecule has 0 amide bonds.